The van der Waals surface area contributed by atoms with Crippen molar-refractivity contribution < 1.29 is 19.1 Å². The molecule has 5 nitrogen and oxygen atoms in total. The molecule has 5 rings (SSSR count). The molecule has 3 aromatic carbocycles. The number of aliphatic hydroxyl groups excluding tert-OH is 1. The molecule has 0 spiro atoms. The molecule has 1 N–H and O–H groups in total. The van der Waals surface area contributed by atoms with Crippen molar-refractivity contribution in [2.75, 3.05) is 4.90 Å². The minimum Gasteiger partial charge on any atom is -0.503 e. The summed E-state index contributed by atoms with van der Waals surface area (Å²) >= 11 is 9.46. The molecule has 1 aliphatic heterocycles. The highest BCUT2D eigenvalue weighted by Crippen LogP contribution is 2.42. The normalized spacial score (nSPS) is 16.2. The number of carbonyl (C=O) groups is 2. The Morgan fingerprint density at radius 1 is 1.00 bits per heavy atom. The van der Waals surface area contributed by atoms with Gasteiger partial charge in [-0.25, -0.2) is 0 Å². The molecular weight excluding hydrogens is 494 g/mol. The van der Waals surface area contributed by atoms with Gasteiger partial charge >= 0.3 is 0 Å². The quantitative estimate of drug-likeness (QED) is 0.314. The molecule has 4 aromatic rings. The first-order chi connectivity index (χ1) is 15.4. The van der Waals surface area contributed by atoms with Crippen molar-refractivity contribution >= 4 is 55.9 Å². The molecule has 0 fully saturated rings. The van der Waals surface area contributed by atoms with Gasteiger partial charge in [-0.2, -0.15) is 0 Å². The summed E-state index contributed by atoms with van der Waals surface area (Å²) in [6.07, 6.45) is 0. The zero-order valence-electron chi connectivity index (χ0n) is 16.5. The van der Waals surface area contributed by atoms with Crippen LogP contribution in [0.15, 0.2) is 99.1 Å². The maximum Gasteiger partial charge on any atom is 0.294 e. The maximum atomic E-state index is 13.6. The number of halogens is 2. The number of anilines is 1. The van der Waals surface area contributed by atoms with Crippen LogP contribution in [0, 0.1) is 0 Å². The van der Waals surface area contributed by atoms with Crippen molar-refractivity contribution in [1.82, 2.24) is 0 Å². The maximum absolute atomic E-state index is 13.6. The van der Waals surface area contributed by atoms with E-state index in [1.54, 1.807) is 60.7 Å². The molecule has 32 heavy (non-hydrogen) atoms. The summed E-state index contributed by atoms with van der Waals surface area (Å²) in [5.41, 5.74) is 1.68. The smallest absolute Gasteiger partial charge is 0.294 e. The van der Waals surface area contributed by atoms with E-state index in [4.69, 9.17) is 16.0 Å². The standard InChI is InChI=1S/C25H15BrClNO4/c26-16-8-11-19-15(12-16)13-20(32-19)23(29)21-22(14-6-9-17(27)10-7-14)28(25(31)24(21)30)18-4-2-1-3-5-18/h1-13,22,30H. The van der Waals surface area contributed by atoms with Crippen LogP contribution in [0.25, 0.3) is 11.0 Å². The van der Waals surface area contributed by atoms with Gasteiger partial charge in [0.15, 0.2) is 11.5 Å². The first-order valence-corrected chi connectivity index (χ1v) is 10.9. The van der Waals surface area contributed by atoms with E-state index in [-0.39, 0.29) is 11.3 Å². The Morgan fingerprint density at radius 2 is 1.72 bits per heavy atom. The molecular formula is C25H15BrClNO4. The molecule has 7 heteroatoms. The number of carbonyl (C=O) groups excluding carboxylic acids is 2. The van der Waals surface area contributed by atoms with Crippen LogP contribution in [0.1, 0.15) is 22.2 Å². The predicted octanol–water partition coefficient (Wildman–Crippen LogP) is 6.63. The van der Waals surface area contributed by atoms with E-state index < -0.39 is 23.5 Å². The number of hydrogen-bond donors (Lipinski definition) is 1. The molecule has 0 bridgehead atoms. The second-order valence-corrected chi connectivity index (χ2v) is 8.70. The molecule has 1 aliphatic rings. The second-order valence-electron chi connectivity index (χ2n) is 7.35. The van der Waals surface area contributed by atoms with Crippen LogP contribution in [-0.4, -0.2) is 16.8 Å². The van der Waals surface area contributed by atoms with Crippen molar-refractivity contribution in [3.63, 3.8) is 0 Å². The zero-order chi connectivity index (χ0) is 22.4. The van der Waals surface area contributed by atoms with E-state index in [9.17, 15) is 14.7 Å². The van der Waals surface area contributed by atoms with Gasteiger partial charge in [-0.1, -0.05) is 57.9 Å². The second kappa shape index (κ2) is 7.97. The number of amides is 1. The third-order valence-corrected chi connectivity index (χ3v) is 6.12. The fourth-order valence-corrected chi connectivity index (χ4v) is 4.42. The Labute approximate surface area is 196 Å². The summed E-state index contributed by atoms with van der Waals surface area (Å²) in [5, 5.41) is 12.1. The Bertz CT molecular complexity index is 1390. The largest absolute Gasteiger partial charge is 0.503 e. The molecule has 1 aromatic heterocycles. The number of fused-ring (bicyclic) bond motifs is 1. The first kappa shape index (κ1) is 20.5. The van der Waals surface area contributed by atoms with E-state index in [1.165, 1.54) is 4.90 Å². The van der Waals surface area contributed by atoms with Crippen LogP contribution in [0.4, 0.5) is 5.69 Å². The number of hydrogen-bond acceptors (Lipinski definition) is 4. The van der Waals surface area contributed by atoms with Gasteiger partial charge in [0.2, 0.25) is 5.78 Å². The zero-order valence-corrected chi connectivity index (χ0v) is 18.8. The lowest BCUT2D eigenvalue weighted by molar-refractivity contribution is -0.117. The lowest BCUT2D eigenvalue weighted by Gasteiger charge is -2.26. The Morgan fingerprint density at radius 3 is 2.44 bits per heavy atom. The van der Waals surface area contributed by atoms with Gasteiger partial charge in [-0.3, -0.25) is 14.5 Å². The van der Waals surface area contributed by atoms with Crippen molar-refractivity contribution in [3.8, 4) is 0 Å². The van der Waals surface area contributed by atoms with E-state index in [0.29, 0.717) is 21.9 Å². The van der Waals surface area contributed by atoms with E-state index in [0.717, 1.165) is 9.86 Å². The van der Waals surface area contributed by atoms with E-state index in [1.807, 2.05) is 18.2 Å². The average Bonchev–Trinajstić information content (AvgIpc) is 3.33. The molecule has 0 saturated carbocycles. The van der Waals surface area contributed by atoms with Crippen LogP contribution in [0.3, 0.4) is 0 Å². The van der Waals surface area contributed by atoms with Gasteiger partial charge in [0.05, 0.1) is 11.6 Å². The molecule has 0 radical (unpaired) electrons. The van der Waals surface area contributed by atoms with Gasteiger partial charge in [-0.05, 0) is 54.1 Å². The number of rotatable bonds is 4. The summed E-state index contributed by atoms with van der Waals surface area (Å²) in [7, 11) is 0. The molecule has 0 saturated heterocycles. The predicted molar refractivity (Wildman–Crippen MR) is 126 cm³/mol. The molecule has 2 heterocycles. The van der Waals surface area contributed by atoms with Crippen molar-refractivity contribution in [2.45, 2.75) is 6.04 Å². The number of benzene rings is 3. The number of ketones is 1. The molecule has 158 valence electrons. The highest BCUT2D eigenvalue weighted by Gasteiger charge is 2.45. The topological polar surface area (TPSA) is 70.8 Å². The van der Waals surface area contributed by atoms with Gasteiger partial charge in [0.25, 0.3) is 5.91 Å². The van der Waals surface area contributed by atoms with Crippen LogP contribution in [-0.2, 0) is 4.79 Å². The highest BCUT2D eigenvalue weighted by molar-refractivity contribution is 9.10. The molecule has 1 amide bonds. The fourth-order valence-electron chi connectivity index (χ4n) is 3.91. The lowest BCUT2D eigenvalue weighted by Crippen LogP contribution is -2.30. The Hall–Kier alpha value is -3.35. The number of para-hydroxylation sites is 1. The van der Waals surface area contributed by atoms with Crippen LogP contribution in [0.5, 0.6) is 0 Å². The third kappa shape index (κ3) is 3.42. The van der Waals surface area contributed by atoms with Crippen LogP contribution >= 0.6 is 27.5 Å². The third-order valence-electron chi connectivity index (χ3n) is 5.38. The van der Waals surface area contributed by atoms with Gasteiger partial charge in [0, 0.05) is 20.6 Å². The summed E-state index contributed by atoms with van der Waals surface area (Å²) in [6, 6.07) is 21.9. The van der Waals surface area contributed by atoms with Crippen molar-refractivity contribution in [3.05, 3.63) is 111 Å². The van der Waals surface area contributed by atoms with Gasteiger partial charge in [-0.15, -0.1) is 0 Å². The SMILES string of the molecule is O=C(C1=C(O)C(=O)N(c2ccccc2)C1c1ccc(Cl)cc1)c1cc2cc(Br)ccc2o1. The summed E-state index contributed by atoms with van der Waals surface area (Å²) < 4.78 is 6.60. The minimum absolute atomic E-state index is 0.0423. The van der Waals surface area contributed by atoms with E-state index >= 15 is 0 Å². The Balaban J connectivity index is 1.66. The summed E-state index contributed by atoms with van der Waals surface area (Å²) in [4.78, 5) is 28.1. The Kier molecular flexibility index (Phi) is 5.12. The van der Waals surface area contributed by atoms with E-state index in [2.05, 4.69) is 15.9 Å². The average molecular weight is 509 g/mol. The van der Waals surface area contributed by atoms with Crippen LogP contribution in [0.2, 0.25) is 5.02 Å². The fraction of sp³-hybridized carbons (Fsp3) is 0.0400. The van der Waals surface area contributed by atoms with Gasteiger partial charge < -0.3 is 9.52 Å². The van der Waals surface area contributed by atoms with Crippen molar-refractivity contribution in [2.24, 2.45) is 0 Å². The first-order valence-electron chi connectivity index (χ1n) is 9.75. The lowest BCUT2D eigenvalue weighted by atomic mass is 9.95. The number of nitrogens with zero attached hydrogens (tertiary/aromatic N) is 1. The van der Waals surface area contributed by atoms with Crippen molar-refractivity contribution in [1.29, 1.82) is 0 Å². The highest BCUT2D eigenvalue weighted by atomic mass is 79.9. The molecule has 1 unspecified atom stereocenters. The minimum atomic E-state index is -0.838. The molecule has 0 aliphatic carbocycles. The summed E-state index contributed by atoms with van der Waals surface area (Å²) in [6.45, 7) is 0. The number of aliphatic hydroxyl groups is 1. The summed E-state index contributed by atoms with van der Waals surface area (Å²) in [5.74, 6) is -1.76. The molecule has 1 atom stereocenters. The van der Waals surface area contributed by atoms with Crippen LogP contribution < -0.4 is 4.90 Å². The number of furan rings is 1. The number of Topliss-reactive ketones (excluding diaryl/α,β-unsaturated/α-hetero) is 1. The van der Waals surface area contributed by atoms with Gasteiger partial charge in [0.1, 0.15) is 5.58 Å². The monoisotopic (exact) mass is 507 g/mol.